The summed E-state index contributed by atoms with van der Waals surface area (Å²) in [5, 5.41) is 8.60. The third-order valence-electron chi connectivity index (χ3n) is 1.93. The Bertz CT molecular complexity index is 172. The summed E-state index contributed by atoms with van der Waals surface area (Å²) in [5.41, 5.74) is 5.68. The highest BCUT2D eigenvalue weighted by Gasteiger charge is 2.20. The lowest BCUT2D eigenvalue weighted by atomic mass is 9.83. The number of aliphatic carboxylic acids is 1. The summed E-state index contributed by atoms with van der Waals surface area (Å²) in [4.78, 5) is 10.5. The summed E-state index contributed by atoms with van der Waals surface area (Å²) >= 11 is 0. The second kappa shape index (κ2) is 4.61. The van der Waals surface area contributed by atoms with Crippen LogP contribution in [-0.4, -0.2) is 17.1 Å². The molecule has 0 unspecified atom stereocenters. The predicted octanol–water partition coefficient (Wildman–Crippen LogP) is 1.86. The lowest BCUT2D eigenvalue weighted by Gasteiger charge is -2.24. The number of hydrogen-bond acceptors (Lipinski definition) is 2. The second-order valence-electron chi connectivity index (χ2n) is 5.05. The standard InChI is InChI=1S/C10H21NO2/c1-7(6-10(2,3)4)5-8(11)9(12)13/h7-8H,5-6,11H2,1-4H3,(H,12,13)/t7-,8-/m0/s1. The summed E-state index contributed by atoms with van der Waals surface area (Å²) in [6, 6.07) is -0.711. The molecule has 0 saturated heterocycles. The van der Waals surface area contributed by atoms with Crippen molar-refractivity contribution in [2.24, 2.45) is 17.1 Å². The summed E-state index contributed by atoms with van der Waals surface area (Å²) in [7, 11) is 0. The monoisotopic (exact) mass is 187 g/mol. The van der Waals surface area contributed by atoms with E-state index in [9.17, 15) is 4.79 Å². The lowest BCUT2D eigenvalue weighted by molar-refractivity contribution is -0.139. The van der Waals surface area contributed by atoms with Gasteiger partial charge in [-0.1, -0.05) is 27.7 Å². The Kier molecular flexibility index (Phi) is 4.40. The minimum absolute atomic E-state index is 0.248. The molecule has 0 saturated carbocycles. The summed E-state index contributed by atoms with van der Waals surface area (Å²) in [6.45, 7) is 8.50. The van der Waals surface area contributed by atoms with E-state index in [2.05, 4.69) is 20.8 Å². The number of nitrogens with two attached hydrogens (primary N) is 1. The van der Waals surface area contributed by atoms with Crippen LogP contribution < -0.4 is 5.73 Å². The Labute approximate surface area is 80.3 Å². The van der Waals surface area contributed by atoms with Gasteiger partial charge in [0.25, 0.3) is 0 Å². The van der Waals surface area contributed by atoms with E-state index in [-0.39, 0.29) is 5.41 Å². The first kappa shape index (κ1) is 12.4. The fraction of sp³-hybridized carbons (Fsp3) is 0.900. The van der Waals surface area contributed by atoms with Crippen molar-refractivity contribution in [3.05, 3.63) is 0 Å². The molecule has 0 radical (unpaired) electrons. The molecule has 0 aromatic heterocycles. The van der Waals surface area contributed by atoms with Crippen molar-refractivity contribution in [3.63, 3.8) is 0 Å². The molecule has 0 rings (SSSR count). The van der Waals surface area contributed by atoms with E-state index in [4.69, 9.17) is 10.8 Å². The highest BCUT2D eigenvalue weighted by molar-refractivity contribution is 5.72. The van der Waals surface area contributed by atoms with Crippen molar-refractivity contribution in [2.75, 3.05) is 0 Å². The van der Waals surface area contributed by atoms with Crippen molar-refractivity contribution in [1.82, 2.24) is 0 Å². The second-order valence-corrected chi connectivity index (χ2v) is 5.05. The zero-order chi connectivity index (χ0) is 10.6. The molecule has 3 N–H and O–H groups in total. The van der Waals surface area contributed by atoms with Crippen LogP contribution in [-0.2, 0) is 4.79 Å². The molecule has 13 heavy (non-hydrogen) atoms. The van der Waals surface area contributed by atoms with Gasteiger partial charge in [0.15, 0.2) is 0 Å². The van der Waals surface area contributed by atoms with Gasteiger partial charge in [-0.15, -0.1) is 0 Å². The summed E-state index contributed by atoms with van der Waals surface area (Å²) < 4.78 is 0. The van der Waals surface area contributed by atoms with E-state index < -0.39 is 12.0 Å². The molecule has 0 amide bonds. The molecule has 0 spiro atoms. The minimum Gasteiger partial charge on any atom is -0.480 e. The molecule has 0 aliphatic rings. The van der Waals surface area contributed by atoms with Gasteiger partial charge in [-0.3, -0.25) is 4.79 Å². The summed E-state index contributed by atoms with van der Waals surface area (Å²) in [6.07, 6.45) is 1.57. The van der Waals surface area contributed by atoms with Gasteiger partial charge in [-0.25, -0.2) is 0 Å². The number of carbonyl (C=O) groups is 1. The van der Waals surface area contributed by atoms with Gasteiger partial charge in [0.1, 0.15) is 6.04 Å². The molecular formula is C10H21NO2. The number of rotatable bonds is 4. The molecule has 0 aliphatic heterocycles. The van der Waals surface area contributed by atoms with Crippen LogP contribution in [0.5, 0.6) is 0 Å². The van der Waals surface area contributed by atoms with E-state index in [1.54, 1.807) is 0 Å². The number of carboxylic acids is 1. The van der Waals surface area contributed by atoms with Crippen LogP contribution in [0.3, 0.4) is 0 Å². The molecule has 78 valence electrons. The first-order valence-electron chi connectivity index (χ1n) is 4.71. The van der Waals surface area contributed by atoms with Crippen LogP contribution in [0.25, 0.3) is 0 Å². The van der Waals surface area contributed by atoms with E-state index in [1.807, 2.05) is 6.92 Å². The minimum atomic E-state index is -0.902. The maximum Gasteiger partial charge on any atom is 0.320 e. The van der Waals surface area contributed by atoms with Gasteiger partial charge in [-0.2, -0.15) is 0 Å². The van der Waals surface area contributed by atoms with Gasteiger partial charge >= 0.3 is 5.97 Å². The first-order chi connectivity index (χ1) is 5.72. The normalized spacial score (nSPS) is 16.7. The van der Waals surface area contributed by atoms with E-state index in [0.717, 1.165) is 6.42 Å². The number of hydrogen-bond donors (Lipinski definition) is 2. The molecule has 0 fully saturated rings. The molecule has 0 aromatic carbocycles. The Morgan fingerprint density at radius 2 is 1.92 bits per heavy atom. The highest BCUT2D eigenvalue weighted by atomic mass is 16.4. The molecule has 0 bridgehead atoms. The van der Waals surface area contributed by atoms with E-state index >= 15 is 0 Å². The van der Waals surface area contributed by atoms with Gasteiger partial charge in [0, 0.05) is 0 Å². The molecule has 0 aromatic rings. The van der Waals surface area contributed by atoms with Crippen LogP contribution >= 0.6 is 0 Å². The Morgan fingerprint density at radius 1 is 1.46 bits per heavy atom. The van der Waals surface area contributed by atoms with Crippen molar-refractivity contribution in [3.8, 4) is 0 Å². The third kappa shape index (κ3) is 6.58. The van der Waals surface area contributed by atoms with Crippen molar-refractivity contribution in [1.29, 1.82) is 0 Å². The van der Waals surface area contributed by atoms with Crippen LogP contribution in [0, 0.1) is 11.3 Å². The van der Waals surface area contributed by atoms with Gasteiger partial charge in [0.05, 0.1) is 0 Å². The summed E-state index contributed by atoms with van der Waals surface area (Å²) in [5.74, 6) is -0.535. The van der Waals surface area contributed by atoms with Crippen LogP contribution in [0.4, 0.5) is 0 Å². The van der Waals surface area contributed by atoms with Crippen molar-refractivity contribution in [2.45, 2.75) is 46.6 Å². The molecule has 2 atom stereocenters. The molecular weight excluding hydrogens is 166 g/mol. The molecule has 0 aliphatic carbocycles. The first-order valence-corrected chi connectivity index (χ1v) is 4.71. The Morgan fingerprint density at radius 3 is 2.23 bits per heavy atom. The van der Waals surface area contributed by atoms with Gasteiger partial charge in [0.2, 0.25) is 0 Å². The maximum absolute atomic E-state index is 10.5. The average molecular weight is 187 g/mol. The Hall–Kier alpha value is -0.570. The van der Waals surface area contributed by atoms with Crippen molar-refractivity contribution < 1.29 is 9.90 Å². The van der Waals surface area contributed by atoms with Crippen LogP contribution in [0.15, 0.2) is 0 Å². The smallest absolute Gasteiger partial charge is 0.320 e. The molecule has 3 nitrogen and oxygen atoms in total. The highest BCUT2D eigenvalue weighted by Crippen LogP contribution is 2.26. The molecule has 0 heterocycles. The topological polar surface area (TPSA) is 63.3 Å². The predicted molar refractivity (Wildman–Crippen MR) is 53.5 cm³/mol. The largest absolute Gasteiger partial charge is 0.480 e. The quantitative estimate of drug-likeness (QED) is 0.706. The van der Waals surface area contributed by atoms with E-state index in [1.165, 1.54) is 0 Å². The van der Waals surface area contributed by atoms with Crippen molar-refractivity contribution >= 4 is 5.97 Å². The van der Waals surface area contributed by atoms with Crippen LogP contribution in [0.1, 0.15) is 40.5 Å². The fourth-order valence-corrected chi connectivity index (χ4v) is 1.66. The maximum atomic E-state index is 10.5. The lowest BCUT2D eigenvalue weighted by Crippen LogP contribution is -2.32. The Balaban J connectivity index is 3.88. The fourth-order valence-electron chi connectivity index (χ4n) is 1.66. The van der Waals surface area contributed by atoms with Crippen LogP contribution in [0.2, 0.25) is 0 Å². The third-order valence-corrected chi connectivity index (χ3v) is 1.93. The zero-order valence-corrected chi connectivity index (χ0v) is 9.00. The average Bonchev–Trinajstić information content (AvgIpc) is 1.81. The zero-order valence-electron chi connectivity index (χ0n) is 9.00. The molecule has 3 heteroatoms. The SMILES string of the molecule is C[C@@H](C[C@H](N)C(=O)O)CC(C)(C)C. The number of carboxylic acid groups (broad SMARTS) is 1. The van der Waals surface area contributed by atoms with Gasteiger partial charge < -0.3 is 10.8 Å². The van der Waals surface area contributed by atoms with Gasteiger partial charge in [-0.05, 0) is 24.2 Å². The van der Waals surface area contributed by atoms with E-state index in [0.29, 0.717) is 12.3 Å².